The molecule has 96 valence electrons. The molecule has 1 aromatic carbocycles. The lowest BCUT2D eigenvalue weighted by Crippen LogP contribution is -2.21. The predicted molar refractivity (Wildman–Crippen MR) is 74.4 cm³/mol. The van der Waals surface area contributed by atoms with Crippen molar-refractivity contribution in [1.29, 1.82) is 0 Å². The minimum Gasteiger partial charge on any atom is -0.481 e. The van der Waals surface area contributed by atoms with Gasteiger partial charge in [-0.3, -0.25) is 4.90 Å². The van der Waals surface area contributed by atoms with Gasteiger partial charge in [0.25, 0.3) is 0 Å². The maximum atomic E-state index is 9.53. The van der Waals surface area contributed by atoms with Crippen molar-refractivity contribution in [2.24, 2.45) is 0 Å². The summed E-state index contributed by atoms with van der Waals surface area (Å²) in [6.07, 6.45) is 5.85. The van der Waals surface area contributed by atoms with Gasteiger partial charge in [0.05, 0.1) is 6.10 Å². The number of nitrogens with zero attached hydrogens (tertiary/aromatic N) is 1. The molecule has 1 fully saturated rings. The van der Waals surface area contributed by atoms with Crippen molar-refractivity contribution in [3.8, 4) is 18.1 Å². The number of aliphatic hydroxyl groups is 1. The Balaban J connectivity index is 2.09. The van der Waals surface area contributed by atoms with Crippen molar-refractivity contribution in [1.82, 2.24) is 4.90 Å². The number of benzene rings is 1. The molecule has 0 spiro atoms. The summed E-state index contributed by atoms with van der Waals surface area (Å²) in [5, 5.41) is 9.53. The second-order valence-corrected chi connectivity index (χ2v) is 5.34. The Labute approximate surface area is 116 Å². The Hall–Kier alpha value is -1.02. The van der Waals surface area contributed by atoms with E-state index in [-0.39, 0.29) is 12.7 Å². The van der Waals surface area contributed by atoms with E-state index in [1.807, 2.05) is 18.2 Å². The van der Waals surface area contributed by atoms with E-state index in [0.29, 0.717) is 0 Å². The first kappa shape index (κ1) is 13.4. The summed E-state index contributed by atoms with van der Waals surface area (Å²) >= 11 is 3.46. The number of halogens is 1. The van der Waals surface area contributed by atoms with Crippen molar-refractivity contribution < 1.29 is 9.84 Å². The van der Waals surface area contributed by atoms with Gasteiger partial charge in [-0.05, 0) is 24.6 Å². The third-order valence-corrected chi connectivity index (χ3v) is 3.47. The number of aliphatic hydroxyl groups excluding tert-OH is 1. The molecule has 0 bridgehead atoms. The molecule has 0 radical (unpaired) electrons. The summed E-state index contributed by atoms with van der Waals surface area (Å²) in [5.74, 6) is 3.29. The average molecular weight is 310 g/mol. The maximum Gasteiger partial charge on any atom is 0.148 e. The molecule has 1 aliphatic rings. The van der Waals surface area contributed by atoms with Crippen molar-refractivity contribution in [3.05, 3.63) is 28.2 Å². The van der Waals surface area contributed by atoms with E-state index in [9.17, 15) is 5.11 Å². The van der Waals surface area contributed by atoms with Crippen LogP contribution in [0.5, 0.6) is 5.75 Å². The molecule has 18 heavy (non-hydrogen) atoms. The van der Waals surface area contributed by atoms with Crippen molar-refractivity contribution in [2.75, 3.05) is 19.7 Å². The Kier molecular flexibility index (Phi) is 4.65. The predicted octanol–water partition coefficient (Wildman–Crippen LogP) is 2.03. The van der Waals surface area contributed by atoms with Crippen molar-refractivity contribution in [2.45, 2.75) is 19.1 Å². The van der Waals surface area contributed by atoms with Crippen LogP contribution in [0.3, 0.4) is 0 Å². The summed E-state index contributed by atoms with van der Waals surface area (Å²) in [4.78, 5) is 2.22. The Morgan fingerprint density at radius 2 is 2.39 bits per heavy atom. The van der Waals surface area contributed by atoms with Crippen LogP contribution in [0.15, 0.2) is 22.7 Å². The number of likely N-dealkylation sites (tertiary alicyclic amines) is 1. The normalized spacial score (nSPS) is 19.7. The minimum absolute atomic E-state index is 0.202. The lowest BCUT2D eigenvalue weighted by atomic mass is 10.2. The average Bonchev–Trinajstić information content (AvgIpc) is 2.74. The van der Waals surface area contributed by atoms with Gasteiger partial charge < -0.3 is 9.84 Å². The Bertz CT molecular complexity index is 456. The van der Waals surface area contributed by atoms with Crippen LogP contribution < -0.4 is 4.74 Å². The lowest BCUT2D eigenvalue weighted by molar-refractivity contribution is 0.174. The molecule has 1 atom stereocenters. The van der Waals surface area contributed by atoms with Crippen LogP contribution in [-0.2, 0) is 6.54 Å². The minimum atomic E-state index is -0.202. The number of ether oxygens (including phenoxy) is 1. The van der Waals surface area contributed by atoms with Crippen LogP contribution >= 0.6 is 15.9 Å². The smallest absolute Gasteiger partial charge is 0.148 e. The summed E-state index contributed by atoms with van der Waals surface area (Å²) in [7, 11) is 0. The largest absolute Gasteiger partial charge is 0.481 e. The molecule has 1 N–H and O–H groups in total. The molecule has 0 aliphatic carbocycles. The van der Waals surface area contributed by atoms with E-state index in [1.54, 1.807) is 0 Å². The molecule has 1 aliphatic heterocycles. The van der Waals surface area contributed by atoms with Crippen LogP contribution in [0.1, 0.15) is 12.0 Å². The molecule has 1 aromatic rings. The zero-order valence-corrected chi connectivity index (χ0v) is 11.7. The van der Waals surface area contributed by atoms with Crippen LogP contribution in [0.25, 0.3) is 0 Å². The van der Waals surface area contributed by atoms with Crippen LogP contribution in [0.2, 0.25) is 0 Å². The van der Waals surface area contributed by atoms with Crippen molar-refractivity contribution >= 4 is 15.9 Å². The number of hydrogen-bond acceptors (Lipinski definition) is 3. The quantitative estimate of drug-likeness (QED) is 0.864. The molecule has 0 unspecified atom stereocenters. The highest BCUT2D eigenvalue weighted by Crippen LogP contribution is 2.26. The van der Waals surface area contributed by atoms with Crippen molar-refractivity contribution in [3.63, 3.8) is 0 Å². The standard InChI is InChI=1S/C14H16BrNO2/c1-2-7-18-14-4-3-12(15)8-11(14)9-16-6-5-13(17)10-16/h1,3-4,8,13,17H,5-7,9-10H2/t13-/m0/s1. The molecule has 4 heteroatoms. The highest BCUT2D eigenvalue weighted by atomic mass is 79.9. The molecule has 1 saturated heterocycles. The number of hydrogen-bond donors (Lipinski definition) is 1. The Morgan fingerprint density at radius 1 is 1.56 bits per heavy atom. The summed E-state index contributed by atoms with van der Waals surface area (Å²) in [5.41, 5.74) is 1.09. The molecular weight excluding hydrogens is 294 g/mol. The van der Waals surface area contributed by atoms with Gasteiger partial charge in [0.15, 0.2) is 0 Å². The monoisotopic (exact) mass is 309 g/mol. The molecule has 3 nitrogen and oxygen atoms in total. The van der Waals surface area contributed by atoms with Gasteiger partial charge in [0, 0.05) is 29.7 Å². The Morgan fingerprint density at radius 3 is 3.06 bits per heavy atom. The molecule has 0 amide bonds. The van der Waals surface area contributed by atoms with E-state index >= 15 is 0 Å². The molecule has 0 saturated carbocycles. The zero-order chi connectivity index (χ0) is 13.0. The van der Waals surface area contributed by atoms with Gasteiger partial charge in [0.1, 0.15) is 12.4 Å². The molecule has 1 heterocycles. The zero-order valence-electron chi connectivity index (χ0n) is 10.1. The summed E-state index contributed by atoms with van der Waals surface area (Å²) < 4.78 is 6.55. The molecular formula is C14H16BrNO2. The number of β-amino-alcohol motifs (C(OH)–C–C–N with tert-alkyl or cyclic N) is 1. The van der Waals surface area contributed by atoms with E-state index < -0.39 is 0 Å². The van der Waals surface area contributed by atoms with Gasteiger partial charge >= 0.3 is 0 Å². The van der Waals surface area contributed by atoms with E-state index in [2.05, 4.69) is 26.8 Å². The van der Waals surface area contributed by atoms with Gasteiger partial charge in [-0.2, -0.15) is 0 Å². The van der Waals surface area contributed by atoms with Gasteiger partial charge in [-0.15, -0.1) is 6.42 Å². The fourth-order valence-electron chi connectivity index (χ4n) is 2.13. The van der Waals surface area contributed by atoms with E-state index in [4.69, 9.17) is 11.2 Å². The SMILES string of the molecule is C#CCOc1ccc(Br)cc1CN1CC[C@H](O)C1. The number of terminal acetylenes is 1. The second kappa shape index (κ2) is 6.24. The first-order valence-corrected chi connectivity index (χ1v) is 6.73. The molecule has 0 aromatic heterocycles. The van der Waals surface area contributed by atoms with Gasteiger partial charge in [-0.25, -0.2) is 0 Å². The maximum absolute atomic E-state index is 9.53. The van der Waals surface area contributed by atoms with E-state index in [1.165, 1.54) is 0 Å². The first-order chi connectivity index (χ1) is 8.69. The fourth-order valence-corrected chi connectivity index (χ4v) is 2.54. The van der Waals surface area contributed by atoms with Gasteiger partial charge in [-0.1, -0.05) is 21.9 Å². The van der Waals surface area contributed by atoms with E-state index in [0.717, 1.165) is 41.8 Å². The highest BCUT2D eigenvalue weighted by Gasteiger charge is 2.21. The topological polar surface area (TPSA) is 32.7 Å². The summed E-state index contributed by atoms with van der Waals surface area (Å²) in [6.45, 7) is 2.69. The third kappa shape index (κ3) is 3.49. The van der Waals surface area contributed by atoms with Crippen LogP contribution in [0.4, 0.5) is 0 Å². The lowest BCUT2D eigenvalue weighted by Gasteiger charge is -2.17. The number of rotatable bonds is 4. The second-order valence-electron chi connectivity index (χ2n) is 4.42. The highest BCUT2D eigenvalue weighted by molar-refractivity contribution is 9.10. The van der Waals surface area contributed by atoms with Crippen LogP contribution in [0, 0.1) is 12.3 Å². The third-order valence-electron chi connectivity index (χ3n) is 2.97. The van der Waals surface area contributed by atoms with Gasteiger partial charge in [0.2, 0.25) is 0 Å². The van der Waals surface area contributed by atoms with Crippen LogP contribution in [-0.4, -0.2) is 35.8 Å². The first-order valence-electron chi connectivity index (χ1n) is 5.94. The fraction of sp³-hybridized carbons (Fsp3) is 0.429. The summed E-state index contributed by atoms with van der Waals surface area (Å²) in [6, 6.07) is 5.90. The molecule has 2 rings (SSSR count).